The molecule has 0 aliphatic rings. The zero-order valence-corrected chi connectivity index (χ0v) is 11.8. The van der Waals surface area contributed by atoms with Gasteiger partial charge in [0.15, 0.2) is 0 Å². The van der Waals surface area contributed by atoms with Crippen LogP contribution < -0.4 is 5.32 Å². The van der Waals surface area contributed by atoms with Crippen LogP contribution in [0.4, 0.5) is 0 Å². The third-order valence-corrected chi connectivity index (χ3v) is 3.33. The Labute approximate surface area is 115 Å². The minimum Gasteiger partial charge on any atom is -0.313 e. The lowest BCUT2D eigenvalue weighted by Gasteiger charge is -2.18. The third-order valence-electron chi connectivity index (χ3n) is 3.33. The summed E-state index contributed by atoms with van der Waals surface area (Å²) < 4.78 is 0. The lowest BCUT2D eigenvalue weighted by molar-refractivity contribution is 0.561. The number of nitrogens with one attached hydrogen (secondary N) is 1. The molecule has 2 heteroatoms. The summed E-state index contributed by atoms with van der Waals surface area (Å²) in [5.74, 6) is 6.10. The number of benzene rings is 1. The van der Waals surface area contributed by atoms with E-state index in [0.717, 1.165) is 24.1 Å². The van der Waals surface area contributed by atoms with Crippen molar-refractivity contribution in [3.63, 3.8) is 0 Å². The predicted octanol–water partition coefficient (Wildman–Crippen LogP) is 3.61. The fourth-order valence-corrected chi connectivity index (χ4v) is 2.43. The van der Waals surface area contributed by atoms with Gasteiger partial charge in [0.05, 0.1) is 5.52 Å². The van der Waals surface area contributed by atoms with Gasteiger partial charge in [-0.2, -0.15) is 0 Å². The molecule has 1 heterocycles. The summed E-state index contributed by atoms with van der Waals surface area (Å²) in [6.45, 7) is 3.94. The summed E-state index contributed by atoms with van der Waals surface area (Å²) in [5.41, 5.74) is 3.46. The van der Waals surface area contributed by atoms with E-state index in [1.54, 1.807) is 0 Å². The molecule has 0 bridgehead atoms. The van der Waals surface area contributed by atoms with Gasteiger partial charge in [-0.15, -0.1) is 11.8 Å². The second-order valence-corrected chi connectivity index (χ2v) is 4.68. The summed E-state index contributed by atoms with van der Waals surface area (Å²) in [7, 11) is 2.01. The van der Waals surface area contributed by atoms with Gasteiger partial charge in [0, 0.05) is 23.5 Å². The highest BCUT2D eigenvalue weighted by Crippen LogP contribution is 2.26. The molecular weight excluding hydrogens is 232 g/mol. The summed E-state index contributed by atoms with van der Waals surface area (Å²) >= 11 is 0. The topological polar surface area (TPSA) is 24.9 Å². The monoisotopic (exact) mass is 252 g/mol. The Kier molecular flexibility index (Phi) is 4.54. The number of nitrogens with zero attached hydrogens (tertiary/aromatic N) is 1. The molecule has 1 aromatic carbocycles. The molecular formula is C17H20N2. The van der Waals surface area contributed by atoms with Crippen molar-refractivity contribution >= 4 is 10.9 Å². The van der Waals surface area contributed by atoms with E-state index >= 15 is 0 Å². The van der Waals surface area contributed by atoms with Gasteiger partial charge in [0.25, 0.3) is 0 Å². The van der Waals surface area contributed by atoms with Crippen LogP contribution in [0.5, 0.6) is 0 Å². The number of aryl methyl sites for hydroxylation is 1. The van der Waals surface area contributed by atoms with Gasteiger partial charge >= 0.3 is 0 Å². The minimum atomic E-state index is 0.326. The molecule has 2 nitrogen and oxygen atoms in total. The SMILES string of the molecule is CC#CCCC(NC)c1cc(C)nc2ccccc12. The zero-order chi connectivity index (χ0) is 13.7. The molecule has 0 amide bonds. The molecule has 0 fully saturated rings. The van der Waals surface area contributed by atoms with Crippen LogP contribution in [-0.2, 0) is 0 Å². The van der Waals surface area contributed by atoms with Gasteiger partial charge in [-0.05, 0) is 45.0 Å². The Bertz CT molecular complexity index is 620. The van der Waals surface area contributed by atoms with Crippen LogP contribution in [-0.4, -0.2) is 12.0 Å². The van der Waals surface area contributed by atoms with E-state index < -0.39 is 0 Å². The molecule has 1 N–H and O–H groups in total. The van der Waals surface area contributed by atoms with E-state index in [1.807, 2.05) is 20.0 Å². The first-order valence-corrected chi connectivity index (χ1v) is 6.69. The number of aromatic nitrogens is 1. The Hall–Kier alpha value is -1.85. The van der Waals surface area contributed by atoms with Crippen molar-refractivity contribution in [3.05, 3.63) is 41.6 Å². The molecule has 1 atom stereocenters. The van der Waals surface area contributed by atoms with Crippen LogP contribution >= 0.6 is 0 Å². The molecule has 0 radical (unpaired) electrons. The molecule has 0 saturated heterocycles. The Morgan fingerprint density at radius 2 is 2.11 bits per heavy atom. The average molecular weight is 252 g/mol. The van der Waals surface area contributed by atoms with E-state index in [9.17, 15) is 0 Å². The van der Waals surface area contributed by atoms with E-state index in [4.69, 9.17) is 0 Å². The van der Waals surface area contributed by atoms with Gasteiger partial charge in [-0.1, -0.05) is 18.2 Å². The largest absolute Gasteiger partial charge is 0.313 e. The second kappa shape index (κ2) is 6.36. The van der Waals surface area contributed by atoms with Gasteiger partial charge in [-0.3, -0.25) is 4.98 Å². The highest BCUT2D eigenvalue weighted by molar-refractivity contribution is 5.82. The van der Waals surface area contributed by atoms with E-state index in [1.165, 1.54) is 10.9 Å². The fraction of sp³-hybridized carbons (Fsp3) is 0.353. The first-order chi connectivity index (χ1) is 9.26. The maximum absolute atomic E-state index is 4.59. The molecule has 0 spiro atoms. The van der Waals surface area contributed by atoms with Crippen molar-refractivity contribution in [1.29, 1.82) is 0 Å². The lowest BCUT2D eigenvalue weighted by Crippen LogP contribution is -2.17. The highest BCUT2D eigenvalue weighted by atomic mass is 14.9. The van der Waals surface area contributed by atoms with Crippen LogP contribution in [0.3, 0.4) is 0 Å². The number of rotatable bonds is 4. The molecule has 1 aromatic heterocycles. The number of para-hydroxylation sites is 1. The number of fused-ring (bicyclic) bond motifs is 1. The summed E-state index contributed by atoms with van der Waals surface area (Å²) in [6.07, 6.45) is 1.93. The van der Waals surface area contributed by atoms with Crippen molar-refractivity contribution in [2.45, 2.75) is 32.7 Å². The van der Waals surface area contributed by atoms with Crippen molar-refractivity contribution in [2.75, 3.05) is 7.05 Å². The molecule has 0 saturated carbocycles. The lowest BCUT2D eigenvalue weighted by atomic mass is 9.97. The first kappa shape index (κ1) is 13.6. The second-order valence-electron chi connectivity index (χ2n) is 4.68. The maximum Gasteiger partial charge on any atom is 0.0708 e. The van der Waals surface area contributed by atoms with Crippen molar-refractivity contribution in [2.24, 2.45) is 0 Å². The molecule has 98 valence electrons. The molecule has 0 aliphatic heterocycles. The van der Waals surface area contributed by atoms with Gasteiger partial charge in [0.1, 0.15) is 0 Å². The van der Waals surface area contributed by atoms with E-state index in [-0.39, 0.29) is 0 Å². The molecule has 19 heavy (non-hydrogen) atoms. The third kappa shape index (κ3) is 3.13. The van der Waals surface area contributed by atoms with Gasteiger partial charge < -0.3 is 5.32 Å². The molecule has 2 aromatic rings. The summed E-state index contributed by atoms with van der Waals surface area (Å²) in [6, 6.07) is 10.8. The van der Waals surface area contributed by atoms with Crippen LogP contribution in [0.2, 0.25) is 0 Å². The van der Waals surface area contributed by atoms with E-state index in [0.29, 0.717) is 6.04 Å². The molecule has 0 aliphatic carbocycles. The summed E-state index contributed by atoms with van der Waals surface area (Å²) in [5, 5.41) is 4.63. The van der Waals surface area contributed by atoms with Crippen LogP contribution in [0, 0.1) is 18.8 Å². The van der Waals surface area contributed by atoms with E-state index in [2.05, 4.69) is 53.3 Å². The van der Waals surface area contributed by atoms with Gasteiger partial charge in [0.2, 0.25) is 0 Å². The highest BCUT2D eigenvalue weighted by Gasteiger charge is 2.13. The van der Waals surface area contributed by atoms with Crippen molar-refractivity contribution < 1.29 is 0 Å². The molecule has 1 unspecified atom stereocenters. The van der Waals surface area contributed by atoms with Crippen LogP contribution in [0.1, 0.15) is 37.1 Å². The predicted molar refractivity (Wildman–Crippen MR) is 81.0 cm³/mol. The first-order valence-electron chi connectivity index (χ1n) is 6.69. The Morgan fingerprint density at radius 1 is 1.32 bits per heavy atom. The average Bonchev–Trinajstić information content (AvgIpc) is 2.43. The standard InChI is InChI=1S/C17H20N2/c1-4-5-6-10-16(18-3)15-12-13(2)19-17-11-8-7-9-14(15)17/h7-9,11-12,16,18H,6,10H2,1-3H3. The van der Waals surface area contributed by atoms with Crippen LogP contribution in [0.25, 0.3) is 10.9 Å². The minimum absolute atomic E-state index is 0.326. The number of pyridine rings is 1. The van der Waals surface area contributed by atoms with Gasteiger partial charge in [-0.25, -0.2) is 0 Å². The molecule has 2 rings (SSSR count). The Balaban J connectivity index is 2.42. The number of hydrogen-bond donors (Lipinski definition) is 1. The fourth-order valence-electron chi connectivity index (χ4n) is 2.43. The summed E-state index contributed by atoms with van der Waals surface area (Å²) in [4.78, 5) is 4.59. The smallest absolute Gasteiger partial charge is 0.0708 e. The Morgan fingerprint density at radius 3 is 2.84 bits per heavy atom. The maximum atomic E-state index is 4.59. The van der Waals surface area contributed by atoms with Crippen molar-refractivity contribution in [1.82, 2.24) is 10.3 Å². The number of hydrogen-bond acceptors (Lipinski definition) is 2. The van der Waals surface area contributed by atoms with Crippen molar-refractivity contribution in [3.8, 4) is 11.8 Å². The normalized spacial score (nSPS) is 11.9. The zero-order valence-electron chi connectivity index (χ0n) is 11.8. The quantitative estimate of drug-likeness (QED) is 0.841. The van der Waals surface area contributed by atoms with Crippen LogP contribution in [0.15, 0.2) is 30.3 Å².